The highest BCUT2D eigenvalue weighted by Gasteiger charge is 2.19. The molecule has 0 aliphatic heterocycles. The third-order valence-electron chi connectivity index (χ3n) is 10.0. The van der Waals surface area contributed by atoms with Crippen molar-refractivity contribution in [2.75, 3.05) is 0 Å². The molecule has 9 aromatic carbocycles. The van der Waals surface area contributed by atoms with Crippen LogP contribution in [0.25, 0.3) is 97.0 Å². The number of thiophene rings is 1. The van der Waals surface area contributed by atoms with Crippen molar-refractivity contribution in [3.05, 3.63) is 182 Å². The summed E-state index contributed by atoms with van der Waals surface area (Å²) in [5, 5.41) is 9.89. The Morgan fingerprint density at radius 2 is 0.898 bits per heavy atom. The molecular formula is C48H30S. The molecule has 228 valence electrons. The zero-order chi connectivity index (χ0) is 33.2. The smallest absolute Gasteiger partial charge is 0.0623 e. The van der Waals surface area contributed by atoms with Crippen molar-refractivity contribution in [1.29, 1.82) is 0 Å². The average Bonchev–Trinajstić information content (AvgIpc) is 3.55. The van der Waals surface area contributed by atoms with Crippen LogP contribution in [-0.4, -0.2) is 0 Å². The Morgan fingerprint density at radius 3 is 1.65 bits per heavy atom. The molecule has 1 heterocycles. The van der Waals surface area contributed by atoms with Gasteiger partial charge in [-0.3, -0.25) is 0 Å². The fourth-order valence-corrected chi connectivity index (χ4v) is 8.80. The SMILES string of the molecule is [2H]c1ccc2cc(-c3ccc(-c4c5ccccc5c(-c5ccccc5-c5ccc6sc7ccccc7c6c5)c5ccccc45)cc3)ccc2c1. The Bertz CT molecular complexity index is 2870. The number of hydrogen-bond donors (Lipinski definition) is 0. The summed E-state index contributed by atoms with van der Waals surface area (Å²) in [5.74, 6) is 0. The van der Waals surface area contributed by atoms with E-state index in [1.54, 1.807) is 0 Å². The highest BCUT2D eigenvalue weighted by molar-refractivity contribution is 7.25. The fourth-order valence-electron chi connectivity index (χ4n) is 7.71. The molecule has 0 amide bonds. The van der Waals surface area contributed by atoms with Gasteiger partial charge in [-0.25, -0.2) is 0 Å². The molecule has 0 fully saturated rings. The molecule has 1 aromatic heterocycles. The number of benzene rings is 9. The average molecular weight is 640 g/mol. The van der Waals surface area contributed by atoms with E-state index in [0.29, 0.717) is 6.04 Å². The Balaban J connectivity index is 1.15. The van der Waals surface area contributed by atoms with Gasteiger partial charge in [-0.05, 0) is 101 Å². The second-order valence-electron chi connectivity index (χ2n) is 12.8. The topological polar surface area (TPSA) is 0 Å². The van der Waals surface area contributed by atoms with Crippen LogP contribution in [0.4, 0.5) is 0 Å². The van der Waals surface area contributed by atoms with Gasteiger partial charge in [-0.2, -0.15) is 0 Å². The van der Waals surface area contributed by atoms with Gasteiger partial charge in [0.25, 0.3) is 0 Å². The Hall–Kier alpha value is -6.02. The van der Waals surface area contributed by atoms with Crippen LogP contribution in [0.2, 0.25) is 0 Å². The first-order chi connectivity index (χ1) is 24.7. The van der Waals surface area contributed by atoms with Crippen LogP contribution in [0.3, 0.4) is 0 Å². The van der Waals surface area contributed by atoms with Crippen molar-refractivity contribution >= 4 is 63.8 Å². The van der Waals surface area contributed by atoms with Gasteiger partial charge < -0.3 is 0 Å². The summed E-state index contributed by atoms with van der Waals surface area (Å²) in [6.45, 7) is 0. The number of fused-ring (bicyclic) bond motifs is 6. The standard InChI is InChI=1S/C48H30S/c1-2-12-34-29-35(26-23-31(34)11-1)32-21-24-33(25-22-32)47-40-16-5-7-18-42(40)48(43-19-8-6-17-41(43)47)39-15-4-3-13-37(39)36-27-28-46-44(30-36)38-14-9-10-20-45(38)49-46/h1-30H/i1D. The van der Waals surface area contributed by atoms with E-state index in [9.17, 15) is 0 Å². The van der Waals surface area contributed by atoms with Crippen molar-refractivity contribution in [1.82, 2.24) is 0 Å². The third kappa shape index (κ3) is 4.58. The summed E-state index contributed by atoms with van der Waals surface area (Å²) >= 11 is 1.86. The van der Waals surface area contributed by atoms with E-state index in [1.807, 2.05) is 29.5 Å². The molecule has 1 heteroatoms. The maximum absolute atomic E-state index is 7.97. The highest BCUT2D eigenvalue weighted by Crippen LogP contribution is 2.47. The van der Waals surface area contributed by atoms with Crippen molar-refractivity contribution in [2.45, 2.75) is 0 Å². The van der Waals surface area contributed by atoms with Gasteiger partial charge in [-0.1, -0.05) is 158 Å². The molecule has 10 rings (SSSR count). The molecule has 0 nitrogen and oxygen atoms in total. The van der Waals surface area contributed by atoms with Crippen LogP contribution < -0.4 is 0 Å². The van der Waals surface area contributed by atoms with Crippen LogP contribution >= 0.6 is 11.3 Å². The molecule has 0 radical (unpaired) electrons. The van der Waals surface area contributed by atoms with Gasteiger partial charge >= 0.3 is 0 Å². The second kappa shape index (κ2) is 11.3. The zero-order valence-electron chi connectivity index (χ0n) is 27.7. The minimum Gasteiger partial charge on any atom is -0.135 e. The molecule has 0 unspecified atom stereocenters. The van der Waals surface area contributed by atoms with E-state index < -0.39 is 0 Å². The quantitative estimate of drug-likeness (QED) is 0.168. The molecule has 0 N–H and O–H groups in total. The summed E-state index contributed by atoms with van der Waals surface area (Å²) in [6.07, 6.45) is 0. The van der Waals surface area contributed by atoms with Crippen molar-refractivity contribution < 1.29 is 1.37 Å². The molecule has 0 aliphatic carbocycles. The molecule has 0 saturated heterocycles. The van der Waals surface area contributed by atoms with E-state index in [1.165, 1.54) is 86.2 Å². The minimum absolute atomic E-state index is 0.539. The second-order valence-corrected chi connectivity index (χ2v) is 13.8. The van der Waals surface area contributed by atoms with Crippen molar-refractivity contribution in [2.24, 2.45) is 0 Å². The van der Waals surface area contributed by atoms with Crippen LogP contribution in [0.1, 0.15) is 1.37 Å². The Labute approximate surface area is 290 Å². The number of hydrogen-bond acceptors (Lipinski definition) is 1. The van der Waals surface area contributed by atoms with E-state index >= 15 is 0 Å². The summed E-state index contributed by atoms with van der Waals surface area (Å²) in [7, 11) is 0. The van der Waals surface area contributed by atoms with Gasteiger partial charge in [0, 0.05) is 20.2 Å². The summed E-state index contributed by atoms with van der Waals surface area (Å²) < 4.78 is 10.6. The first-order valence-electron chi connectivity index (χ1n) is 17.3. The molecule has 0 spiro atoms. The predicted octanol–water partition coefficient (Wildman–Crippen LogP) is 14.2. The van der Waals surface area contributed by atoms with Crippen LogP contribution in [0, 0.1) is 0 Å². The highest BCUT2D eigenvalue weighted by atomic mass is 32.1. The van der Waals surface area contributed by atoms with Crippen LogP contribution in [0.15, 0.2) is 182 Å². The van der Waals surface area contributed by atoms with Gasteiger partial charge in [0.1, 0.15) is 0 Å². The van der Waals surface area contributed by atoms with Crippen LogP contribution in [0.5, 0.6) is 0 Å². The lowest BCUT2D eigenvalue weighted by Crippen LogP contribution is -1.92. The molecule has 0 bridgehead atoms. The lowest BCUT2D eigenvalue weighted by molar-refractivity contribution is 1.62. The largest absolute Gasteiger partial charge is 0.135 e. The number of rotatable bonds is 4. The van der Waals surface area contributed by atoms with E-state index in [-0.39, 0.29) is 0 Å². The van der Waals surface area contributed by atoms with Gasteiger partial charge in [0.05, 0.1) is 1.37 Å². The van der Waals surface area contributed by atoms with Crippen molar-refractivity contribution in [3.63, 3.8) is 0 Å². The van der Waals surface area contributed by atoms with E-state index in [0.717, 1.165) is 10.8 Å². The predicted molar refractivity (Wildman–Crippen MR) is 214 cm³/mol. The molecule has 0 atom stereocenters. The van der Waals surface area contributed by atoms with E-state index in [2.05, 4.69) is 158 Å². The molecular weight excluding hydrogens is 609 g/mol. The minimum atomic E-state index is 0.539. The molecule has 49 heavy (non-hydrogen) atoms. The van der Waals surface area contributed by atoms with Gasteiger partial charge in [0.15, 0.2) is 0 Å². The molecule has 0 saturated carbocycles. The Morgan fingerprint density at radius 1 is 0.327 bits per heavy atom. The van der Waals surface area contributed by atoms with Crippen LogP contribution in [-0.2, 0) is 0 Å². The van der Waals surface area contributed by atoms with Crippen molar-refractivity contribution in [3.8, 4) is 44.5 Å². The Kier molecular flexibility index (Phi) is 6.22. The fraction of sp³-hybridized carbons (Fsp3) is 0. The lowest BCUT2D eigenvalue weighted by Gasteiger charge is -2.20. The first kappa shape index (κ1) is 27.0. The zero-order valence-corrected chi connectivity index (χ0v) is 27.5. The van der Waals surface area contributed by atoms with E-state index in [4.69, 9.17) is 1.37 Å². The summed E-state index contributed by atoms with van der Waals surface area (Å²) in [6, 6.07) is 64.3. The van der Waals surface area contributed by atoms with Gasteiger partial charge in [-0.15, -0.1) is 11.3 Å². The van der Waals surface area contributed by atoms with Gasteiger partial charge in [0.2, 0.25) is 0 Å². The maximum atomic E-state index is 7.97. The molecule has 0 aliphatic rings. The molecule has 10 aromatic rings. The lowest BCUT2D eigenvalue weighted by atomic mass is 9.83. The monoisotopic (exact) mass is 639 g/mol. The summed E-state index contributed by atoms with van der Waals surface area (Å²) in [4.78, 5) is 0. The maximum Gasteiger partial charge on any atom is 0.0623 e. The normalized spacial score (nSPS) is 12.0. The first-order valence-corrected chi connectivity index (χ1v) is 17.6. The third-order valence-corrected chi connectivity index (χ3v) is 11.2. The summed E-state index contributed by atoms with van der Waals surface area (Å²) in [5.41, 5.74) is 9.82.